The summed E-state index contributed by atoms with van der Waals surface area (Å²) in [5, 5.41) is 24.1. The van der Waals surface area contributed by atoms with Crippen molar-refractivity contribution in [1.82, 2.24) is 4.90 Å². The van der Waals surface area contributed by atoms with E-state index in [1.54, 1.807) is 14.2 Å². The SMILES string of the molecule is COC1=C[C@H]2[C@H]3Cc4c(Br)cc(OC)c(O)c4[C@@]2(CCN3C)C/C1=N/O. The highest BCUT2D eigenvalue weighted by Crippen LogP contribution is 2.59. The zero-order valence-corrected chi connectivity index (χ0v) is 16.7. The molecule has 2 bridgehead atoms. The second-order valence-electron chi connectivity index (χ2n) is 7.41. The Morgan fingerprint density at radius 3 is 2.77 bits per heavy atom. The smallest absolute Gasteiger partial charge is 0.161 e. The van der Waals surface area contributed by atoms with Gasteiger partial charge in [-0.2, -0.15) is 0 Å². The maximum atomic E-state index is 11.0. The Morgan fingerprint density at radius 2 is 2.12 bits per heavy atom. The third-order valence-corrected chi connectivity index (χ3v) is 7.12. The minimum absolute atomic E-state index is 0.166. The first kappa shape index (κ1) is 17.7. The molecular formula is C19H23BrN2O4. The van der Waals surface area contributed by atoms with Gasteiger partial charge in [0.2, 0.25) is 0 Å². The van der Waals surface area contributed by atoms with Crippen LogP contribution in [-0.2, 0) is 16.6 Å². The second-order valence-corrected chi connectivity index (χ2v) is 8.26. The minimum atomic E-state index is -0.338. The molecule has 2 aliphatic carbocycles. The number of halogens is 1. The van der Waals surface area contributed by atoms with Gasteiger partial charge in [0.1, 0.15) is 11.5 Å². The number of aromatic hydroxyl groups is 1. The number of phenols is 1. The Labute approximate surface area is 161 Å². The fourth-order valence-corrected chi connectivity index (χ4v) is 5.73. The van der Waals surface area contributed by atoms with E-state index in [1.165, 1.54) is 0 Å². The molecule has 1 saturated heterocycles. The lowest BCUT2D eigenvalue weighted by molar-refractivity contribution is 0.0517. The van der Waals surface area contributed by atoms with Gasteiger partial charge >= 0.3 is 0 Å². The molecule has 1 heterocycles. The molecule has 3 aliphatic rings. The molecule has 140 valence electrons. The first-order valence-corrected chi connectivity index (χ1v) is 9.52. The largest absolute Gasteiger partial charge is 0.504 e. The molecule has 1 fully saturated rings. The van der Waals surface area contributed by atoms with Gasteiger partial charge in [-0.3, -0.25) is 0 Å². The molecule has 1 aliphatic heterocycles. The summed E-state index contributed by atoms with van der Waals surface area (Å²) in [5.41, 5.74) is 2.22. The summed E-state index contributed by atoms with van der Waals surface area (Å²) in [6.45, 7) is 0.920. The van der Waals surface area contributed by atoms with Crippen LogP contribution in [0.2, 0.25) is 0 Å². The molecule has 0 radical (unpaired) electrons. The highest BCUT2D eigenvalue weighted by molar-refractivity contribution is 9.10. The van der Waals surface area contributed by atoms with E-state index >= 15 is 0 Å². The number of nitrogens with zero attached hydrogens (tertiary/aromatic N) is 2. The lowest BCUT2D eigenvalue weighted by atomic mass is 9.53. The van der Waals surface area contributed by atoms with Crippen LogP contribution in [0, 0.1) is 5.92 Å². The fourth-order valence-electron chi connectivity index (χ4n) is 5.16. The second kappa shape index (κ2) is 6.16. The van der Waals surface area contributed by atoms with Gasteiger partial charge in [-0.05, 0) is 44.1 Å². The van der Waals surface area contributed by atoms with Gasteiger partial charge in [-0.25, -0.2) is 0 Å². The molecule has 2 N–H and O–H groups in total. The van der Waals surface area contributed by atoms with Crippen LogP contribution in [0.25, 0.3) is 0 Å². The average molecular weight is 423 g/mol. The third kappa shape index (κ3) is 2.23. The lowest BCUT2D eigenvalue weighted by Crippen LogP contribution is -2.60. The van der Waals surface area contributed by atoms with Gasteiger partial charge in [0, 0.05) is 33.8 Å². The molecule has 3 atom stereocenters. The van der Waals surface area contributed by atoms with E-state index in [9.17, 15) is 10.3 Å². The molecule has 0 saturated carbocycles. The molecule has 1 aromatic carbocycles. The Bertz CT molecular complexity index is 822. The zero-order chi connectivity index (χ0) is 18.6. The predicted octanol–water partition coefficient (Wildman–Crippen LogP) is 3.04. The number of rotatable bonds is 2. The average Bonchev–Trinajstić information content (AvgIpc) is 2.65. The van der Waals surface area contributed by atoms with Gasteiger partial charge in [0.15, 0.2) is 11.5 Å². The number of oxime groups is 1. The number of likely N-dealkylation sites (tertiary alicyclic amines) is 1. The van der Waals surface area contributed by atoms with Crippen molar-refractivity contribution in [2.24, 2.45) is 11.1 Å². The first-order chi connectivity index (χ1) is 12.5. The van der Waals surface area contributed by atoms with Crippen LogP contribution in [0.15, 0.2) is 27.5 Å². The number of fused-ring (bicyclic) bond motifs is 1. The molecule has 0 aromatic heterocycles. The number of methoxy groups -OCH3 is 2. The van der Waals surface area contributed by atoms with E-state index in [0.29, 0.717) is 29.7 Å². The third-order valence-electron chi connectivity index (χ3n) is 6.42. The van der Waals surface area contributed by atoms with Gasteiger partial charge in [-0.15, -0.1) is 0 Å². The maximum absolute atomic E-state index is 11.0. The Morgan fingerprint density at radius 1 is 1.35 bits per heavy atom. The summed E-state index contributed by atoms with van der Waals surface area (Å²) < 4.78 is 11.8. The summed E-state index contributed by atoms with van der Waals surface area (Å²) >= 11 is 3.68. The number of hydrogen-bond acceptors (Lipinski definition) is 6. The van der Waals surface area contributed by atoms with Crippen molar-refractivity contribution in [3.05, 3.63) is 33.5 Å². The topological polar surface area (TPSA) is 74.5 Å². The Hall–Kier alpha value is -1.73. The van der Waals surface area contributed by atoms with Gasteiger partial charge in [0.25, 0.3) is 0 Å². The van der Waals surface area contributed by atoms with E-state index in [0.717, 1.165) is 35.0 Å². The van der Waals surface area contributed by atoms with E-state index in [1.807, 2.05) is 6.07 Å². The van der Waals surface area contributed by atoms with Crippen molar-refractivity contribution in [3.8, 4) is 11.5 Å². The van der Waals surface area contributed by atoms with Crippen LogP contribution >= 0.6 is 15.9 Å². The maximum Gasteiger partial charge on any atom is 0.161 e. The summed E-state index contributed by atoms with van der Waals surface area (Å²) in [6.07, 6.45) is 4.29. The predicted molar refractivity (Wildman–Crippen MR) is 101 cm³/mol. The van der Waals surface area contributed by atoms with Crippen molar-refractivity contribution in [2.75, 3.05) is 27.8 Å². The molecule has 0 amide bonds. The summed E-state index contributed by atoms with van der Waals surface area (Å²) in [7, 11) is 5.31. The van der Waals surface area contributed by atoms with Crippen molar-refractivity contribution in [1.29, 1.82) is 0 Å². The van der Waals surface area contributed by atoms with E-state index in [4.69, 9.17) is 9.47 Å². The van der Waals surface area contributed by atoms with Crippen molar-refractivity contribution >= 4 is 21.6 Å². The van der Waals surface area contributed by atoms with Gasteiger partial charge < -0.3 is 24.7 Å². The first-order valence-electron chi connectivity index (χ1n) is 8.73. The fraction of sp³-hybridized carbons (Fsp3) is 0.526. The van der Waals surface area contributed by atoms with E-state index in [-0.39, 0.29) is 17.1 Å². The summed E-state index contributed by atoms with van der Waals surface area (Å²) in [5.74, 6) is 1.45. The van der Waals surface area contributed by atoms with E-state index in [2.05, 4.69) is 39.1 Å². The number of piperidine rings is 1. The highest BCUT2D eigenvalue weighted by Gasteiger charge is 2.56. The van der Waals surface area contributed by atoms with Crippen LogP contribution in [-0.4, -0.2) is 54.8 Å². The highest BCUT2D eigenvalue weighted by atomic mass is 79.9. The summed E-state index contributed by atoms with van der Waals surface area (Å²) in [6, 6.07) is 2.13. The van der Waals surface area contributed by atoms with Crippen molar-refractivity contribution in [2.45, 2.75) is 30.7 Å². The molecule has 7 heteroatoms. The number of allylic oxidation sites excluding steroid dienone is 1. The molecular weight excluding hydrogens is 400 g/mol. The minimum Gasteiger partial charge on any atom is -0.504 e. The molecule has 1 aromatic rings. The van der Waals surface area contributed by atoms with Crippen LogP contribution in [0.3, 0.4) is 0 Å². The quantitative estimate of drug-likeness (QED) is 0.565. The monoisotopic (exact) mass is 422 g/mol. The number of benzene rings is 1. The normalized spacial score (nSPS) is 31.8. The molecule has 6 nitrogen and oxygen atoms in total. The van der Waals surface area contributed by atoms with Gasteiger partial charge in [0.05, 0.1) is 14.2 Å². The van der Waals surface area contributed by atoms with Crippen molar-refractivity contribution < 1.29 is 19.8 Å². The molecule has 0 unspecified atom stereocenters. The standard InChI is InChI=1S/C19H23BrN2O4/c1-22-5-4-19-9-13(21-24)15(25-2)7-11(19)14(22)6-10-12(20)8-16(26-3)18(23)17(10)19/h7-8,11,14,23-24H,4-6,9H2,1-3H3/b21-13-/t11-,14+,19-/m0/s1. The van der Waals surface area contributed by atoms with Crippen LogP contribution in [0.1, 0.15) is 24.0 Å². The Kier molecular flexibility index (Phi) is 4.19. The lowest BCUT2D eigenvalue weighted by Gasteiger charge is -2.57. The van der Waals surface area contributed by atoms with Crippen LogP contribution in [0.5, 0.6) is 11.5 Å². The van der Waals surface area contributed by atoms with Crippen LogP contribution < -0.4 is 4.74 Å². The zero-order valence-electron chi connectivity index (χ0n) is 15.1. The number of hydrogen-bond donors (Lipinski definition) is 2. The van der Waals surface area contributed by atoms with Gasteiger partial charge in [-0.1, -0.05) is 21.1 Å². The number of likely N-dealkylation sites (N-methyl/N-ethyl adjacent to an activating group) is 1. The Balaban J connectivity index is 2.02. The van der Waals surface area contributed by atoms with E-state index < -0.39 is 0 Å². The molecule has 4 rings (SSSR count). The molecule has 0 spiro atoms. The van der Waals surface area contributed by atoms with Crippen molar-refractivity contribution in [3.63, 3.8) is 0 Å². The number of ether oxygens (including phenoxy) is 2. The molecule has 26 heavy (non-hydrogen) atoms. The summed E-state index contributed by atoms with van der Waals surface area (Å²) in [4.78, 5) is 2.38. The number of phenolic OH excluding ortho intramolecular Hbond substituents is 1. The van der Waals surface area contributed by atoms with Crippen LogP contribution in [0.4, 0.5) is 0 Å².